The molecule has 0 aromatic carbocycles. The van der Waals surface area contributed by atoms with E-state index in [-0.39, 0.29) is 108 Å². The molecule has 0 aliphatic heterocycles. The van der Waals surface area contributed by atoms with Gasteiger partial charge in [0.05, 0.1) is 0 Å². The van der Waals surface area contributed by atoms with Gasteiger partial charge in [-0.2, -0.15) is 0 Å². The predicted octanol–water partition coefficient (Wildman–Crippen LogP) is -12.9. The van der Waals surface area contributed by atoms with Crippen molar-refractivity contribution in [3.8, 4) is 0 Å². The van der Waals surface area contributed by atoms with Gasteiger partial charge in [0.15, 0.2) is 0 Å². The maximum Gasteiger partial charge on any atom is 3.00 e. The van der Waals surface area contributed by atoms with Gasteiger partial charge in [0.2, 0.25) is 0 Å². The molecule has 24 heavy (non-hydrogen) atoms. The minimum Gasteiger partial charge on any atom is -1.00 e. The van der Waals surface area contributed by atoms with Gasteiger partial charge in [0.1, 0.15) is 0 Å². The molecule has 0 atom stereocenters. The summed E-state index contributed by atoms with van der Waals surface area (Å²) in [5.74, 6) is 0. The van der Waals surface area contributed by atoms with E-state index in [9.17, 15) is 0 Å². The van der Waals surface area contributed by atoms with Crippen LogP contribution in [-0.2, 0) is 0 Å². The zero-order chi connectivity index (χ0) is 20.0. The molecule has 10 nitrogen and oxygen atoms in total. The van der Waals surface area contributed by atoms with Gasteiger partial charge in [-0.05, 0) is 0 Å². The molecule has 0 saturated carbocycles. The molecule has 0 spiro atoms. The zero-order valence-corrected chi connectivity index (χ0v) is 26.3. The van der Waals surface area contributed by atoms with E-state index in [0.717, 1.165) is 71.1 Å². The maximum atomic E-state index is 7.00. The first-order valence-corrected chi connectivity index (χ1v) is 4.47. The molecule has 0 aromatic rings. The molecule has 0 fully saturated rings. The standard InChI is InChI=1S/10CH4O.3HI.La/c10*1-2;;;;/h10*2H,1H3;3*1H;/q;;;;;;;;;;;;;+3/p-3. The number of aliphatic hydroxyl groups excluding tert-OH is 10. The summed E-state index contributed by atoms with van der Waals surface area (Å²) in [5.41, 5.74) is 0. The summed E-state index contributed by atoms with van der Waals surface area (Å²) < 4.78 is 0. The Labute approximate surface area is 227 Å². The monoisotopic (exact) mass is 840 g/mol. The first kappa shape index (κ1) is 108. The number of halogens is 3. The van der Waals surface area contributed by atoms with E-state index in [2.05, 4.69) is 0 Å². The van der Waals surface area contributed by atoms with Gasteiger partial charge in [0, 0.05) is 71.1 Å². The van der Waals surface area contributed by atoms with Crippen LogP contribution in [0.15, 0.2) is 0 Å². The summed E-state index contributed by atoms with van der Waals surface area (Å²) in [4.78, 5) is 0. The first-order chi connectivity index (χ1) is 10.0. The molecule has 0 saturated heterocycles. The second-order valence-corrected chi connectivity index (χ2v) is 0. The first-order valence-electron chi connectivity index (χ1n) is 4.47. The molecular formula is C10H40I3LaO10. The average molecular weight is 840 g/mol. The fourth-order valence-electron chi connectivity index (χ4n) is 0. The summed E-state index contributed by atoms with van der Waals surface area (Å²) in [7, 11) is 10.0. The third kappa shape index (κ3) is 1610. The van der Waals surface area contributed by atoms with E-state index >= 15 is 0 Å². The Hall–Kier alpha value is 2.98. The van der Waals surface area contributed by atoms with Crippen LogP contribution in [0, 0.1) is 35.6 Å². The summed E-state index contributed by atoms with van der Waals surface area (Å²) in [6.45, 7) is 0. The van der Waals surface area contributed by atoms with E-state index in [0.29, 0.717) is 0 Å². The summed E-state index contributed by atoms with van der Waals surface area (Å²) >= 11 is 0. The van der Waals surface area contributed by atoms with Gasteiger partial charge < -0.3 is 123 Å². The number of aliphatic hydroxyl groups is 10. The van der Waals surface area contributed by atoms with Crippen LogP contribution in [0.1, 0.15) is 0 Å². The SMILES string of the molecule is CO.CO.CO.CO.CO.CO.CO.CO.CO.CO.[I-].[I-].[I-].[La+3]. The number of hydrogen-bond acceptors (Lipinski definition) is 10. The van der Waals surface area contributed by atoms with Crippen molar-refractivity contribution >= 4 is 0 Å². The topological polar surface area (TPSA) is 202 Å². The van der Waals surface area contributed by atoms with Crippen molar-refractivity contribution < 1.29 is 159 Å². The Bertz CT molecular complexity index is 38.8. The van der Waals surface area contributed by atoms with E-state index in [1.54, 1.807) is 0 Å². The molecule has 0 rings (SSSR count). The Kier molecular flexibility index (Phi) is 8200. The van der Waals surface area contributed by atoms with Crippen LogP contribution in [-0.4, -0.2) is 122 Å². The van der Waals surface area contributed by atoms with Crippen LogP contribution >= 0.6 is 0 Å². The Morgan fingerprint density at radius 1 is 0.208 bits per heavy atom. The Balaban J connectivity index is -0.00000000379. The van der Waals surface area contributed by atoms with Crippen molar-refractivity contribution in [3.63, 3.8) is 0 Å². The smallest absolute Gasteiger partial charge is 1.00 e. The summed E-state index contributed by atoms with van der Waals surface area (Å²) in [6, 6.07) is 0. The van der Waals surface area contributed by atoms with Gasteiger partial charge in [-0.1, -0.05) is 0 Å². The van der Waals surface area contributed by atoms with Crippen LogP contribution in [0.3, 0.4) is 0 Å². The Morgan fingerprint density at radius 3 is 0.208 bits per heavy atom. The normalized spacial score (nSPS) is 2.50. The van der Waals surface area contributed by atoms with E-state index in [4.69, 9.17) is 51.1 Å². The molecule has 0 unspecified atom stereocenters. The fraction of sp³-hybridized carbons (Fsp3) is 1.00. The average Bonchev–Trinajstić information content (AvgIpc) is 2.71. The molecule has 14 heteroatoms. The molecule has 0 aliphatic rings. The minimum absolute atomic E-state index is 0. The zero-order valence-electron chi connectivity index (χ0n) is 16.2. The van der Waals surface area contributed by atoms with Crippen LogP contribution in [0.5, 0.6) is 0 Å². The van der Waals surface area contributed by atoms with Gasteiger partial charge >= 0.3 is 35.6 Å². The third-order valence-electron chi connectivity index (χ3n) is 0. The van der Waals surface area contributed by atoms with Crippen molar-refractivity contribution in [2.24, 2.45) is 0 Å². The summed E-state index contributed by atoms with van der Waals surface area (Å²) in [5, 5.41) is 70.0. The van der Waals surface area contributed by atoms with Crippen LogP contribution in [0.2, 0.25) is 0 Å². The molecule has 0 aromatic heterocycles. The van der Waals surface area contributed by atoms with E-state index in [1.165, 1.54) is 0 Å². The molecule has 10 N–H and O–H groups in total. The quantitative estimate of drug-likeness (QED) is 0.105. The largest absolute Gasteiger partial charge is 3.00 e. The van der Waals surface area contributed by atoms with Crippen molar-refractivity contribution in [2.45, 2.75) is 0 Å². The molecule has 0 heterocycles. The molecular weight excluding hydrogens is 800 g/mol. The van der Waals surface area contributed by atoms with Gasteiger partial charge in [-0.25, -0.2) is 0 Å². The van der Waals surface area contributed by atoms with Gasteiger partial charge in [-0.15, -0.1) is 0 Å². The van der Waals surface area contributed by atoms with Crippen LogP contribution in [0.25, 0.3) is 0 Å². The van der Waals surface area contributed by atoms with Crippen molar-refractivity contribution in [3.05, 3.63) is 0 Å². The second kappa shape index (κ2) is 1820. The molecule has 0 aliphatic carbocycles. The summed E-state index contributed by atoms with van der Waals surface area (Å²) in [6.07, 6.45) is 0. The number of rotatable bonds is 0. The van der Waals surface area contributed by atoms with Crippen molar-refractivity contribution in [1.29, 1.82) is 0 Å². The minimum atomic E-state index is 0. The van der Waals surface area contributed by atoms with E-state index in [1.807, 2.05) is 0 Å². The number of hydrogen-bond donors (Lipinski definition) is 10. The second-order valence-electron chi connectivity index (χ2n) is 0. The molecule has 0 bridgehead atoms. The van der Waals surface area contributed by atoms with Crippen molar-refractivity contribution in [2.75, 3.05) is 71.1 Å². The predicted molar refractivity (Wildman–Crippen MR) is 81.4 cm³/mol. The van der Waals surface area contributed by atoms with Gasteiger partial charge in [-0.3, -0.25) is 0 Å². The molecule has 0 amide bonds. The Morgan fingerprint density at radius 2 is 0.208 bits per heavy atom. The van der Waals surface area contributed by atoms with Crippen LogP contribution < -0.4 is 71.9 Å². The van der Waals surface area contributed by atoms with Gasteiger partial charge in [0.25, 0.3) is 0 Å². The molecule has 164 valence electrons. The third-order valence-corrected chi connectivity index (χ3v) is 0. The van der Waals surface area contributed by atoms with Crippen LogP contribution in [0.4, 0.5) is 0 Å². The maximum absolute atomic E-state index is 7.00. The van der Waals surface area contributed by atoms with E-state index < -0.39 is 0 Å². The van der Waals surface area contributed by atoms with Crippen molar-refractivity contribution in [1.82, 2.24) is 0 Å². The fourth-order valence-corrected chi connectivity index (χ4v) is 0. The molecule has 0 radical (unpaired) electrons.